The Balaban J connectivity index is 3.21. The van der Waals surface area contributed by atoms with E-state index in [2.05, 4.69) is 5.32 Å². The van der Waals surface area contributed by atoms with E-state index in [9.17, 15) is 0 Å². The summed E-state index contributed by atoms with van der Waals surface area (Å²) >= 11 is 0. The van der Waals surface area contributed by atoms with Crippen LogP contribution in [0.1, 0.15) is 0 Å². The van der Waals surface area contributed by atoms with Gasteiger partial charge in [-0.15, -0.1) is 0 Å². The minimum Gasteiger partial charge on any atom is -0.450 e. The van der Waals surface area contributed by atoms with Gasteiger partial charge in [-0.3, -0.25) is 0 Å². The average Bonchev–Trinajstić information content (AvgIpc) is 2.16. The van der Waals surface area contributed by atoms with Crippen LogP contribution in [0.25, 0.3) is 0 Å². The third-order valence-electron chi connectivity index (χ3n) is 1.92. The summed E-state index contributed by atoms with van der Waals surface area (Å²) in [7, 11) is 6.88. The zero-order valence-electron chi connectivity index (χ0n) is 8.20. The predicted octanol–water partition coefficient (Wildman–Crippen LogP) is 0.0311. The van der Waals surface area contributed by atoms with Gasteiger partial charge in [0.05, 0.1) is 11.4 Å². The van der Waals surface area contributed by atoms with Crippen molar-refractivity contribution in [1.29, 1.82) is 0 Å². The molecule has 4 heteroatoms. The smallest absolute Gasteiger partial charge is 0.328 e. The fourth-order valence-corrected chi connectivity index (χ4v) is 1.37. The second-order valence-electron chi connectivity index (χ2n) is 3.02. The van der Waals surface area contributed by atoms with Crippen LogP contribution in [0.15, 0.2) is 18.2 Å². The van der Waals surface area contributed by atoms with Crippen LogP contribution >= 0.6 is 0 Å². The minimum atomic E-state index is 0.817. The van der Waals surface area contributed by atoms with Crippen LogP contribution in [0.4, 0.5) is 11.4 Å². The van der Waals surface area contributed by atoms with Crippen molar-refractivity contribution in [1.82, 2.24) is 0 Å². The summed E-state index contributed by atoms with van der Waals surface area (Å²) in [6.45, 7) is 0. The Morgan fingerprint density at radius 1 is 1.38 bits per heavy atom. The minimum absolute atomic E-state index is 0.817. The van der Waals surface area contributed by atoms with Crippen LogP contribution in [0.2, 0.25) is 0 Å². The highest BCUT2D eigenvalue weighted by Gasteiger charge is 2.08. The molecule has 0 heterocycles. The molecule has 2 N–H and O–H groups in total. The Morgan fingerprint density at radius 3 is 2.54 bits per heavy atom. The fraction of sp³-hybridized carbons (Fsp3) is 0.333. The number of nitrogens with one attached hydrogen (secondary N) is 1. The summed E-state index contributed by atoms with van der Waals surface area (Å²) in [5.41, 5.74) is 2.82. The molecule has 0 saturated heterocycles. The van der Waals surface area contributed by atoms with Gasteiger partial charge in [-0.1, -0.05) is 12.1 Å². The summed E-state index contributed by atoms with van der Waals surface area (Å²) in [5.74, 6) is 0. The standard InChI is InChI=1S/C9H14BN2O/c1-11-8-6-4-5-7(10-13)9(8)12(2)3/h4-6,11,13H,1-3H3. The summed E-state index contributed by atoms with van der Waals surface area (Å²) < 4.78 is 0. The van der Waals surface area contributed by atoms with Crippen LogP contribution in [-0.4, -0.2) is 33.6 Å². The van der Waals surface area contributed by atoms with Gasteiger partial charge in [-0.25, -0.2) is 0 Å². The lowest BCUT2D eigenvalue weighted by molar-refractivity contribution is 0.615. The van der Waals surface area contributed by atoms with Gasteiger partial charge < -0.3 is 15.2 Å². The molecule has 0 aromatic heterocycles. The van der Waals surface area contributed by atoms with E-state index in [1.807, 2.05) is 44.2 Å². The molecule has 1 aromatic carbocycles. The van der Waals surface area contributed by atoms with Crippen molar-refractivity contribution in [2.75, 3.05) is 31.4 Å². The average molecular weight is 177 g/mol. The lowest BCUT2D eigenvalue weighted by atomic mass is 9.86. The Morgan fingerprint density at radius 2 is 2.08 bits per heavy atom. The number of rotatable bonds is 3. The summed E-state index contributed by atoms with van der Waals surface area (Å²) in [6, 6.07) is 5.75. The Hall–Kier alpha value is -1.16. The topological polar surface area (TPSA) is 35.5 Å². The first-order valence-electron chi connectivity index (χ1n) is 4.16. The summed E-state index contributed by atoms with van der Waals surface area (Å²) in [6.07, 6.45) is 0. The number of anilines is 2. The van der Waals surface area contributed by atoms with Crippen LogP contribution < -0.4 is 15.7 Å². The number of hydrogen-bond acceptors (Lipinski definition) is 3. The van der Waals surface area contributed by atoms with E-state index in [0.717, 1.165) is 24.3 Å². The van der Waals surface area contributed by atoms with E-state index in [-0.39, 0.29) is 0 Å². The van der Waals surface area contributed by atoms with Crippen LogP contribution in [-0.2, 0) is 0 Å². The highest BCUT2D eigenvalue weighted by molar-refractivity contribution is 6.48. The maximum atomic E-state index is 9.01. The van der Waals surface area contributed by atoms with Crippen LogP contribution in [0.5, 0.6) is 0 Å². The molecule has 0 aliphatic heterocycles. The van der Waals surface area contributed by atoms with Crippen LogP contribution in [0.3, 0.4) is 0 Å². The lowest BCUT2D eigenvalue weighted by Gasteiger charge is -2.20. The van der Waals surface area contributed by atoms with Crippen molar-refractivity contribution in [2.24, 2.45) is 0 Å². The molecule has 0 saturated carbocycles. The molecule has 69 valence electrons. The molecular formula is C9H14BN2O. The van der Waals surface area contributed by atoms with Crippen molar-refractivity contribution < 1.29 is 5.02 Å². The molecule has 0 unspecified atom stereocenters. The Bertz CT molecular complexity index is 267. The molecule has 3 nitrogen and oxygen atoms in total. The fourth-order valence-electron chi connectivity index (χ4n) is 1.37. The molecular weight excluding hydrogens is 163 g/mol. The molecule has 1 aromatic rings. The third kappa shape index (κ3) is 1.95. The van der Waals surface area contributed by atoms with Gasteiger partial charge in [-0.2, -0.15) is 0 Å². The SMILES string of the molecule is CNc1cccc([B]O)c1N(C)C. The molecule has 1 rings (SSSR count). The zero-order valence-corrected chi connectivity index (χ0v) is 8.20. The maximum absolute atomic E-state index is 9.01. The van der Waals surface area contributed by atoms with E-state index in [4.69, 9.17) is 5.02 Å². The lowest BCUT2D eigenvalue weighted by Crippen LogP contribution is -2.25. The van der Waals surface area contributed by atoms with Crippen molar-refractivity contribution in [3.8, 4) is 0 Å². The van der Waals surface area contributed by atoms with Gasteiger partial charge in [0.1, 0.15) is 0 Å². The zero-order chi connectivity index (χ0) is 9.84. The van der Waals surface area contributed by atoms with Gasteiger partial charge in [0.25, 0.3) is 0 Å². The molecule has 0 amide bonds. The van der Waals surface area contributed by atoms with Gasteiger partial charge in [0, 0.05) is 21.1 Å². The van der Waals surface area contributed by atoms with Gasteiger partial charge in [0.15, 0.2) is 0 Å². The highest BCUT2D eigenvalue weighted by atomic mass is 16.2. The predicted molar refractivity (Wildman–Crippen MR) is 57.9 cm³/mol. The second kappa shape index (κ2) is 4.19. The molecule has 0 spiro atoms. The van der Waals surface area contributed by atoms with Gasteiger partial charge in [-0.05, 0) is 11.5 Å². The molecule has 0 aliphatic carbocycles. The van der Waals surface area contributed by atoms with Crippen molar-refractivity contribution >= 4 is 24.3 Å². The second-order valence-corrected chi connectivity index (χ2v) is 3.02. The molecule has 0 aliphatic rings. The van der Waals surface area contributed by atoms with E-state index in [1.165, 1.54) is 0 Å². The largest absolute Gasteiger partial charge is 0.450 e. The quantitative estimate of drug-likeness (QED) is 0.639. The monoisotopic (exact) mass is 177 g/mol. The normalized spacial score (nSPS) is 9.54. The number of hydrogen-bond donors (Lipinski definition) is 2. The third-order valence-corrected chi connectivity index (χ3v) is 1.92. The first-order chi connectivity index (χ1) is 6.20. The van der Waals surface area contributed by atoms with E-state index < -0.39 is 0 Å². The summed E-state index contributed by atoms with van der Waals surface area (Å²) in [5, 5.41) is 12.1. The van der Waals surface area contributed by atoms with Crippen molar-refractivity contribution in [3.63, 3.8) is 0 Å². The van der Waals surface area contributed by atoms with Crippen molar-refractivity contribution in [2.45, 2.75) is 0 Å². The maximum Gasteiger partial charge on any atom is 0.328 e. The van der Waals surface area contributed by atoms with Crippen molar-refractivity contribution in [3.05, 3.63) is 18.2 Å². The summed E-state index contributed by atoms with van der Waals surface area (Å²) in [4.78, 5) is 1.97. The Labute approximate surface area is 79.7 Å². The highest BCUT2D eigenvalue weighted by Crippen LogP contribution is 2.20. The Kier molecular flexibility index (Phi) is 3.20. The number of nitrogens with zero attached hydrogens (tertiary/aromatic N) is 1. The van der Waals surface area contributed by atoms with Gasteiger partial charge >= 0.3 is 7.48 Å². The van der Waals surface area contributed by atoms with Gasteiger partial charge in [0.2, 0.25) is 0 Å². The number of benzene rings is 1. The molecule has 1 radical (unpaired) electrons. The molecule has 0 atom stereocenters. The van der Waals surface area contributed by atoms with Crippen LogP contribution in [0, 0.1) is 0 Å². The first-order valence-corrected chi connectivity index (χ1v) is 4.16. The molecule has 13 heavy (non-hydrogen) atoms. The molecule has 0 fully saturated rings. The van der Waals surface area contributed by atoms with E-state index in [0.29, 0.717) is 0 Å². The van der Waals surface area contributed by atoms with E-state index in [1.54, 1.807) is 0 Å². The van der Waals surface area contributed by atoms with E-state index >= 15 is 0 Å². The number of para-hydroxylation sites is 1. The first kappa shape index (κ1) is 9.93. The molecule has 0 bridgehead atoms.